The zero-order valence-corrected chi connectivity index (χ0v) is 11.4. The van der Waals surface area contributed by atoms with Crippen molar-refractivity contribution < 1.29 is 0 Å². The van der Waals surface area contributed by atoms with Gasteiger partial charge in [-0.3, -0.25) is 9.98 Å². The smallest absolute Gasteiger partial charge is 0.0914 e. The van der Waals surface area contributed by atoms with Crippen LogP contribution in [0.25, 0.3) is 11.4 Å². The average molecular weight is 264 g/mol. The third-order valence-electron chi connectivity index (χ3n) is 2.73. The molecule has 0 bridgehead atoms. The fourth-order valence-corrected chi connectivity index (χ4v) is 1.77. The molecule has 0 unspecified atom stereocenters. The lowest BCUT2D eigenvalue weighted by atomic mass is 10.1. The third kappa shape index (κ3) is 2.98. The number of pyridine rings is 2. The molecule has 0 aliphatic heterocycles. The van der Waals surface area contributed by atoms with Crippen molar-refractivity contribution in [1.29, 1.82) is 0 Å². The van der Waals surface area contributed by atoms with Crippen LogP contribution in [0.2, 0.25) is 0 Å². The van der Waals surface area contributed by atoms with Crippen LogP contribution in [0.1, 0.15) is 5.69 Å². The molecule has 100 valence electrons. The minimum absolute atomic E-state index is 0.675. The van der Waals surface area contributed by atoms with Gasteiger partial charge in [-0.15, -0.1) is 0 Å². The number of aliphatic imine (C=N–C) groups is 1. The molecule has 4 heteroatoms. The second-order valence-corrected chi connectivity index (χ2v) is 3.99. The van der Waals surface area contributed by atoms with Gasteiger partial charge in [0.25, 0.3) is 0 Å². The molecule has 0 aromatic carbocycles. The van der Waals surface area contributed by atoms with E-state index in [9.17, 15) is 0 Å². The van der Waals surface area contributed by atoms with Crippen LogP contribution in [0.15, 0.2) is 67.0 Å². The number of allylic oxidation sites excluding steroid dienone is 1. The molecule has 1 N–H and O–H groups in total. The topological polar surface area (TPSA) is 50.2 Å². The van der Waals surface area contributed by atoms with Gasteiger partial charge < -0.3 is 5.32 Å². The van der Waals surface area contributed by atoms with Crippen LogP contribution in [-0.2, 0) is 0 Å². The average Bonchev–Trinajstić information content (AvgIpc) is 2.53. The predicted molar refractivity (Wildman–Crippen MR) is 83.9 cm³/mol. The Labute approximate surface area is 118 Å². The highest BCUT2D eigenvalue weighted by Crippen LogP contribution is 2.20. The van der Waals surface area contributed by atoms with Crippen molar-refractivity contribution in [3.8, 4) is 11.4 Å². The lowest BCUT2D eigenvalue weighted by molar-refractivity contribution is 1.23. The number of hydrogen-bond acceptors (Lipinski definition) is 4. The van der Waals surface area contributed by atoms with Crippen molar-refractivity contribution in [3.63, 3.8) is 0 Å². The van der Waals surface area contributed by atoms with Crippen molar-refractivity contribution in [1.82, 2.24) is 9.97 Å². The van der Waals surface area contributed by atoms with E-state index in [2.05, 4.69) is 33.4 Å². The first-order valence-electron chi connectivity index (χ1n) is 6.21. The lowest BCUT2D eigenvalue weighted by Gasteiger charge is -2.08. The minimum Gasteiger partial charge on any atom is -0.388 e. The van der Waals surface area contributed by atoms with Gasteiger partial charge in [0.2, 0.25) is 0 Å². The molecular weight excluding hydrogens is 248 g/mol. The fourth-order valence-electron chi connectivity index (χ4n) is 1.77. The molecule has 0 saturated heterocycles. The van der Waals surface area contributed by atoms with Crippen LogP contribution in [0.3, 0.4) is 0 Å². The molecule has 0 aliphatic carbocycles. The van der Waals surface area contributed by atoms with E-state index in [1.54, 1.807) is 12.3 Å². The standard InChI is InChI=1S/C16H16N4/c1-4-13(18-5-2)15-10-12(17-3)11-16(20-15)14-8-6-7-9-19-14/h4-11H,1-2H2,3H3,(H,17,20). The normalized spacial score (nSPS) is 10.9. The van der Waals surface area contributed by atoms with Crippen LogP contribution in [-0.4, -0.2) is 22.7 Å². The van der Waals surface area contributed by atoms with Crippen LogP contribution >= 0.6 is 0 Å². The van der Waals surface area contributed by atoms with Crippen molar-refractivity contribution in [2.75, 3.05) is 12.4 Å². The minimum atomic E-state index is 0.675. The SMILES string of the molecule is C=CN=C(C=C)c1cc(NC)cc(-c2ccccn2)n1. The fraction of sp³-hybridized carbons (Fsp3) is 0.0625. The van der Waals surface area contributed by atoms with Gasteiger partial charge in [-0.1, -0.05) is 19.2 Å². The number of aromatic nitrogens is 2. The van der Waals surface area contributed by atoms with E-state index in [4.69, 9.17) is 0 Å². The largest absolute Gasteiger partial charge is 0.388 e. The first-order chi connectivity index (χ1) is 9.78. The van der Waals surface area contributed by atoms with Gasteiger partial charge in [-0.25, -0.2) is 4.98 Å². The summed E-state index contributed by atoms with van der Waals surface area (Å²) in [6, 6.07) is 9.59. The van der Waals surface area contributed by atoms with Gasteiger partial charge in [-0.2, -0.15) is 0 Å². The van der Waals surface area contributed by atoms with E-state index in [0.29, 0.717) is 5.71 Å². The van der Waals surface area contributed by atoms with Gasteiger partial charge in [0.1, 0.15) is 0 Å². The summed E-state index contributed by atoms with van der Waals surface area (Å²) in [5.41, 5.74) is 3.94. The second kappa shape index (κ2) is 6.43. The Bertz CT molecular complexity index is 645. The molecule has 0 saturated carbocycles. The quantitative estimate of drug-likeness (QED) is 0.843. The van der Waals surface area contributed by atoms with E-state index in [1.165, 1.54) is 6.20 Å². The number of rotatable bonds is 5. The summed E-state index contributed by atoms with van der Waals surface area (Å²) in [6.07, 6.45) is 4.88. The summed E-state index contributed by atoms with van der Waals surface area (Å²) < 4.78 is 0. The molecule has 20 heavy (non-hydrogen) atoms. The van der Waals surface area contributed by atoms with Crippen LogP contribution in [0.5, 0.6) is 0 Å². The number of anilines is 1. The number of nitrogens with zero attached hydrogens (tertiary/aromatic N) is 3. The van der Waals surface area contributed by atoms with E-state index in [-0.39, 0.29) is 0 Å². The highest BCUT2D eigenvalue weighted by atomic mass is 14.9. The molecule has 4 nitrogen and oxygen atoms in total. The van der Waals surface area contributed by atoms with Crippen LogP contribution < -0.4 is 5.32 Å². The molecule has 0 amide bonds. The molecule has 0 spiro atoms. The first-order valence-corrected chi connectivity index (χ1v) is 6.21. The van der Waals surface area contributed by atoms with Crippen molar-refractivity contribution >= 4 is 11.4 Å². The molecular formula is C16H16N4. The van der Waals surface area contributed by atoms with Crippen molar-refractivity contribution in [2.45, 2.75) is 0 Å². The van der Waals surface area contributed by atoms with Crippen molar-refractivity contribution in [3.05, 3.63) is 67.7 Å². The Hall–Kier alpha value is -2.75. The Morgan fingerprint density at radius 1 is 1.25 bits per heavy atom. The molecule has 2 aromatic heterocycles. The lowest BCUT2D eigenvalue weighted by Crippen LogP contribution is -2.03. The summed E-state index contributed by atoms with van der Waals surface area (Å²) in [7, 11) is 1.86. The van der Waals surface area contributed by atoms with E-state index < -0.39 is 0 Å². The number of hydrogen-bond donors (Lipinski definition) is 1. The molecule has 2 rings (SSSR count). The second-order valence-electron chi connectivity index (χ2n) is 3.99. The van der Waals surface area contributed by atoms with Gasteiger partial charge in [0.05, 0.1) is 22.8 Å². The maximum atomic E-state index is 4.59. The maximum absolute atomic E-state index is 4.59. The van der Waals surface area contributed by atoms with Crippen LogP contribution in [0, 0.1) is 0 Å². The zero-order chi connectivity index (χ0) is 14.4. The summed E-state index contributed by atoms with van der Waals surface area (Å²) >= 11 is 0. The predicted octanol–water partition coefficient (Wildman–Crippen LogP) is 3.30. The molecule has 0 fully saturated rings. The molecule has 2 heterocycles. The Balaban J connectivity index is 2.57. The summed E-state index contributed by atoms with van der Waals surface area (Å²) in [5.74, 6) is 0. The van der Waals surface area contributed by atoms with Crippen molar-refractivity contribution in [2.24, 2.45) is 4.99 Å². The highest BCUT2D eigenvalue weighted by Gasteiger charge is 2.08. The Kier molecular flexibility index (Phi) is 4.39. The first kappa shape index (κ1) is 13.7. The molecule has 0 aliphatic rings. The van der Waals surface area contributed by atoms with Gasteiger partial charge in [0.15, 0.2) is 0 Å². The van der Waals surface area contributed by atoms with E-state index >= 15 is 0 Å². The van der Waals surface area contributed by atoms with E-state index in [1.807, 2.05) is 37.4 Å². The summed E-state index contributed by atoms with van der Waals surface area (Å²) in [4.78, 5) is 13.1. The number of nitrogens with one attached hydrogen (secondary N) is 1. The molecule has 0 radical (unpaired) electrons. The van der Waals surface area contributed by atoms with Gasteiger partial charge >= 0.3 is 0 Å². The van der Waals surface area contributed by atoms with Gasteiger partial charge in [-0.05, 0) is 30.3 Å². The third-order valence-corrected chi connectivity index (χ3v) is 2.73. The maximum Gasteiger partial charge on any atom is 0.0914 e. The van der Waals surface area contributed by atoms with Crippen LogP contribution in [0.4, 0.5) is 5.69 Å². The zero-order valence-electron chi connectivity index (χ0n) is 11.4. The Morgan fingerprint density at radius 2 is 2.10 bits per heavy atom. The van der Waals surface area contributed by atoms with E-state index in [0.717, 1.165) is 22.8 Å². The van der Waals surface area contributed by atoms with Gasteiger partial charge in [0, 0.05) is 25.1 Å². The monoisotopic (exact) mass is 264 g/mol. The highest BCUT2D eigenvalue weighted by molar-refractivity contribution is 6.08. The Morgan fingerprint density at radius 3 is 2.70 bits per heavy atom. The molecule has 0 atom stereocenters. The summed E-state index contributed by atoms with van der Waals surface area (Å²) in [6.45, 7) is 7.37. The summed E-state index contributed by atoms with van der Waals surface area (Å²) in [5, 5.41) is 3.12. The molecule has 2 aromatic rings.